The van der Waals surface area contributed by atoms with E-state index in [0.717, 1.165) is 5.48 Å². The van der Waals surface area contributed by atoms with Crippen LogP contribution >= 0.6 is 0 Å². The van der Waals surface area contributed by atoms with Crippen molar-refractivity contribution >= 4 is 47.8 Å². The molecule has 54 heavy (non-hydrogen) atoms. The predicted molar refractivity (Wildman–Crippen MR) is 121 cm³/mol. The number of ether oxygens (including phenoxy) is 5. The molecule has 0 aromatic heterocycles. The number of nitrogens with one attached hydrogen (secondary N) is 1. The number of aliphatic hydroxyl groups is 3. The van der Waals surface area contributed by atoms with Gasteiger partial charge in [-0.2, -0.15) is 52.7 Å². The van der Waals surface area contributed by atoms with Crippen LogP contribution in [0.4, 0.5) is 52.7 Å². The molecule has 10 N–H and O–H groups in total. The smallest absolute Gasteiger partial charge is 0.423 e. The number of aliphatic hydroxyl groups excluding tert-OH is 2. The molecule has 4 atom stereocenters. The van der Waals surface area contributed by atoms with Crippen molar-refractivity contribution in [2.45, 2.75) is 47.9 Å². The van der Waals surface area contributed by atoms with E-state index in [1.807, 2.05) is 0 Å². The van der Waals surface area contributed by atoms with Crippen LogP contribution < -0.4 is 22.7 Å². The molecule has 0 fully saturated rings. The second-order valence-corrected chi connectivity index (χ2v) is 8.89. The molecule has 0 heterocycles. The van der Waals surface area contributed by atoms with Crippen LogP contribution in [0.2, 0.25) is 0 Å². The monoisotopic (exact) mass is 832 g/mol. The van der Waals surface area contributed by atoms with Gasteiger partial charge in [-0.1, -0.05) is 0 Å². The molecule has 0 amide bonds. The van der Waals surface area contributed by atoms with Gasteiger partial charge >= 0.3 is 84.2 Å². The van der Waals surface area contributed by atoms with Crippen LogP contribution in [0.25, 0.3) is 0 Å². The van der Waals surface area contributed by atoms with Crippen LogP contribution in [0.5, 0.6) is 0 Å². The fourth-order valence-corrected chi connectivity index (χ4v) is 2.17. The summed E-state index contributed by atoms with van der Waals surface area (Å²) in [5, 5.41) is 29.5. The fourth-order valence-electron chi connectivity index (χ4n) is 2.17. The molecule has 0 bridgehead atoms. The third-order valence-corrected chi connectivity index (χ3v) is 4.72. The highest BCUT2D eigenvalue weighted by molar-refractivity contribution is 5.90. The van der Waals surface area contributed by atoms with Crippen molar-refractivity contribution in [3.63, 3.8) is 0 Å². The Bertz CT molecular complexity index is 1490. The summed E-state index contributed by atoms with van der Waals surface area (Å²) >= 11 is 0. The van der Waals surface area contributed by atoms with Gasteiger partial charge in [0.2, 0.25) is 0 Å². The number of rotatable bonds is 14. The highest BCUT2D eigenvalue weighted by atomic mass is 19.4. The average molecular weight is 832 g/mol. The van der Waals surface area contributed by atoms with Crippen molar-refractivity contribution in [3.8, 4) is 0 Å². The van der Waals surface area contributed by atoms with E-state index in [9.17, 15) is 106 Å². The van der Waals surface area contributed by atoms with E-state index in [2.05, 4.69) is 38.3 Å². The lowest BCUT2D eigenvalue weighted by Gasteiger charge is -2.40. The Hall–Kier alpha value is -5.36. The first-order chi connectivity index (χ1) is 24.0. The molecule has 0 rings (SSSR count). The number of carbonyl (C=O) groups is 8. The van der Waals surface area contributed by atoms with Crippen molar-refractivity contribution in [2.75, 3.05) is 19.8 Å². The number of nitrogens with two attached hydrogens (primary N) is 3. The molecule has 0 spiro atoms. The minimum Gasteiger partial charge on any atom is -0.423 e. The summed E-state index contributed by atoms with van der Waals surface area (Å²) in [6, 6.07) is 0. The van der Waals surface area contributed by atoms with Gasteiger partial charge in [0.1, 0.15) is 19.8 Å². The molecule has 0 saturated heterocycles. The molecule has 0 aromatic rings. The number of carbonyl (C=O) groups excluding carboxylic acids is 8. The van der Waals surface area contributed by atoms with E-state index in [-0.39, 0.29) is 0 Å². The zero-order valence-corrected chi connectivity index (χ0v) is 24.8. The Balaban J connectivity index is 7.52. The Morgan fingerprint density at radius 3 is 1.19 bits per heavy atom. The molecular formula is C19H16F12N4O19. The van der Waals surface area contributed by atoms with Crippen LogP contribution in [0.15, 0.2) is 0 Å². The van der Waals surface area contributed by atoms with Gasteiger partial charge in [-0.3, -0.25) is 22.0 Å². The van der Waals surface area contributed by atoms with E-state index in [1.165, 1.54) is 0 Å². The second kappa shape index (κ2) is 16.8. The molecule has 0 aliphatic heterocycles. The van der Waals surface area contributed by atoms with Crippen LogP contribution in [-0.2, 0) is 76.7 Å². The number of hydroxylamine groups is 1. The van der Waals surface area contributed by atoms with Crippen LogP contribution in [0, 0.1) is 0 Å². The number of hydrogen-bond donors (Lipinski definition) is 7. The van der Waals surface area contributed by atoms with Crippen molar-refractivity contribution in [1.82, 2.24) is 5.48 Å². The van der Waals surface area contributed by atoms with E-state index >= 15 is 0 Å². The maximum absolute atomic E-state index is 12.8. The van der Waals surface area contributed by atoms with Crippen LogP contribution in [0.3, 0.4) is 0 Å². The Morgan fingerprint density at radius 1 is 0.481 bits per heavy atom. The molecule has 0 saturated carbocycles. The summed E-state index contributed by atoms with van der Waals surface area (Å²) in [5.74, 6) is -32.3. The second-order valence-electron chi connectivity index (χ2n) is 8.89. The van der Waals surface area contributed by atoms with Crippen molar-refractivity contribution in [2.24, 2.45) is 17.2 Å². The van der Waals surface area contributed by atoms with Crippen LogP contribution in [0.1, 0.15) is 0 Å². The maximum atomic E-state index is 12.8. The summed E-state index contributed by atoms with van der Waals surface area (Å²) in [5.41, 5.74) is 1.43. The molecule has 0 radical (unpaired) electrons. The summed E-state index contributed by atoms with van der Waals surface area (Å²) in [6.45, 7) is -7.14. The fraction of sp³-hybridized carbons (Fsp3) is 0.579. The first-order valence-corrected chi connectivity index (χ1v) is 12.1. The van der Waals surface area contributed by atoms with Gasteiger partial charge in [0.15, 0.2) is 0 Å². The Morgan fingerprint density at radius 2 is 0.833 bits per heavy atom. The normalized spacial score (nSPS) is 16.7. The van der Waals surface area contributed by atoms with Crippen LogP contribution in [-0.4, -0.2) is 131 Å². The average Bonchev–Trinajstić information content (AvgIpc) is 3.00. The zero-order valence-electron chi connectivity index (χ0n) is 24.8. The van der Waals surface area contributed by atoms with Crippen molar-refractivity contribution < 1.29 is 145 Å². The largest absolute Gasteiger partial charge is 0.495 e. The third-order valence-electron chi connectivity index (χ3n) is 4.72. The standard InChI is InChI=1S/C19H16F12N4O19/c20-15(21,22)8(42)48-12(32,2-36)5(39)50-14(34,7(41)53-54-11(45)18(29,30)31)19(46,47-4(38)1-35-52-10(44)17(26,27)28)51-6(40)13(33,3-37)49-9(43)16(23,24)25/h35-37,46H,1-3,32-34H2/t12-,13?,14-,19?/m1/s1. The quantitative estimate of drug-likeness (QED) is 0.0217. The lowest BCUT2D eigenvalue weighted by Crippen LogP contribution is -2.74. The van der Waals surface area contributed by atoms with Gasteiger partial charge in [0.25, 0.3) is 11.4 Å². The highest BCUT2D eigenvalue weighted by Gasteiger charge is 2.70. The summed E-state index contributed by atoms with van der Waals surface area (Å²) in [6.07, 6.45) is -24.4. The van der Waals surface area contributed by atoms with Gasteiger partial charge < -0.3 is 43.8 Å². The molecule has 0 aromatic carbocycles. The maximum Gasteiger partial charge on any atom is 0.495 e. The lowest BCUT2D eigenvalue weighted by molar-refractivity contribution is -0.397. The summed E-state index contributed by atoms with van der Waals surface area (Å²) in [7, 11) is 0. The third kappa shape index (κ3) is 12.6. The van der Waals surface area contributed by atoms with E-state index in [1.54, 1.807) is 0 Å². The molecule has 0 aliphatic rings. The summed E-state index contributed by atoms with van der Waals surface area (Å²) < 4.78 is 169. The van der Waals surface area contributed by atoms with Gasteiger partial charge in [0, 0.05) is 0 Å². The first kappa shape index (κ1) is 48.6. The van der Waals surface area contributed by atoms with E-state index in [4.69, 9.17) is 17.2 Å². The molecule has 35 heteroatoms. The van der Waals surface area contributed by atoms with Gasteiger partial charge in [0.05, 0.1) is 0 Å². The molecule has 2 unspecified atom stereocenters. The van der Waals surface area contributed by atoms with Crippen molar-refractivity contribution in [1.29, 1.82) is 0 Å². The molecule has 23 nitrogen and oxygen atoms in total. The lowest BCUT2D eigenvalue weighted by atomic mass is 10.1. The Kier molecular flexibility index (Phi) is 15.1. The van der Waals surface area contributed by atoms with Gasteiger partial charge in [-0.25, -0.2) is 43.3 Å². The van der Waals surface area contributed by atoms with Crippen molar-refractivity contribution in [3.05, 3.63) is 0 Å². The number of esters is 5. The number of hydrogen-bond acceptors (Lipinski definition) is 23. The highest BCUT2D eigenvalue weighted by Crippen LogP contribution is 2.32. The van der Waals surface area contributed by atoms with Gasteiger partial charge in [-0.15, -0.1) is 5.48 Å². The minimum absolute atomic E-state index is 0.768. The minimum atomic E-state index is -6.19. The molecular weight excluding hydrogens is 816 g/mol. The van der Waals surface area contributed by atoms with E-state index < -0.39 is 115 Å². The zero-order chi connectivity index (χ0) is 43.1. The topological polar surface area (TPSA) is 361 Å². The molecule has 310 valence electrons. The Labute approximate surface area is 283 Å². The summed E-state index contributed by atoms with van der Waals surface area (Å²) in [4.78, 5) is 104. The SMILES string of the molecule is NC(CO)(OC(=O)C(F)(F)F)C(=O)OC(O)(OC(=O)CNOC(=O)C(F)(F)F)[C@](N)(OC(=O)[C@@](N)(CO)OC(=O)C(F)(F)F)C(=O)OOC(=O)C(F)(F)F. The molecule has 0 aliphatic carbocycles. The van der Waals surface area contributed by atoms with E-state index in [0.29, 0.717) is 0 Å². The number of alkyl halides is 12. The first-order valence-electron chi connectivity index (χ1n) is 12.1. The number of halogens is 12. The van der Waals surface area contributed by atoms with Gasteiger partial charge in [-0.05, 0) is 0 Å². The predicted octanol–water partition coefficient (Wildman–Crippen LogP) is -4.40.